The van der Waals surface area contributed by atoms with Gasteiger partial charge in [-0.25, -0.2) is 4.98 Å². The Hall–Kier alpha value is -3.61. The highest BCUT2D eigenvalue weighted by molar-refractivity contribution is 5.95. The third kappa shape index (κ3) is 3.46. The average Bonchev–Trinajstić information content (AvgIpc) is 2.68. The van der Waals surface area contributed by atoms with Crippen LogP contribution in [0.5, 0.6) is 0 Å². The maximum atomic E-state index is 13.0. The number of hydrogen-bond acceptors (Lipinski definition) is 3. The van der Waals surface area contributed by atoms with Gasteiger partial charge in [-0.15, -0.1) is 0 Å². The summed E-state index contributed by atoms with van der Waals surface area (Å²) in [6, 6.07) is 17.6. The van der Waals surface area contributed by atoms with Gasteiger partial charge in [0.1, 0.15) is 5.82 Å². The van der Waals surface area contributed by atoms with Crippen LogP contribution in [0.15, 0.2) is 77.7 Å². The lowest BCUT2D eigenvalue weighted by Crippen LogP contribution is -2.10. The van der Waals surface area contributed by atoms with Crippen molar-refractivity contribution in [1.82, 2.24) is 9.97 Å². The Morgan fingerprint density at radius 2 is 1.71 bits per heavy atom. The number of pyridine rings is 2. The average molecular weight is 381 g/mol. The molecule has 0 aliphatic heterocycles. The van der Waals surface area contributed by atoms with Gasteiger partial charge in [-0.05, 0) is 35.7 Å². The van der Waals surface area contributed by atoms with Crippen LogP contribution in [-0.4, -0.2) is 9.97 Å². The molecule has 2 aromatic heterocycles. The lowest BCUT2D eigenvalue weighted by Gasteiger charge is -2.13. The first-order chi connectivity index (χ1) is 13.4. The van der Waals surface area contributed by atoms with Gasteiger partial charge in [-0.1, -0.05) is 36.4 Å². The summed E-state index contributed by atoms with van der Waals surface area (Å²) < 4.78 is 39.0. The fourth-order valence-corrected chi connectivity index (χ4v) is 2.97. The molecule has 0 saturated carbocycles. The van der Waals surface area contributed by atoms with E-state index in [1.165, 1.54) is 18.3 Å². The van der Waals surface area contributed by atoms with Crippen molar-refractivity contribution < 1.29 is 13.2 Å². The SMILES string of the molecule is O=c1[nH]ccc2cc(-c3ccccc3)nc(Nc3cccc(C(F)(F)F)c3)c12. The van der Waals surface area contributed by atoms with Gasteiger partial charge in [0.15, 0.2) is 0 Å². The fourth-order valence-electron chi connectivity index (χ4n) is 2.97. The van der Waals surface area contributed by atoms with Crippen molar-refractivity contribution in [3.05, 3.63) is 88.8 Å². The number of alkyl halides is 3. The highest BCUT2D eigenvalue weighted by atomic mass is 19.4. The van der Waals surface area contributed by atoms with Crippen molar-refractivity contribution in [2.75, 3.05) is 5.32 Å². The normalized spacial score (nSPS) is 11.5. The lowest BCUT2D eigenvalue weighted by molar-refractivity contribution is -0.137. The molecule has 4 rings (SSSR count). The quantitative estimate of drug-likeness (QED) is 0.503. The van der Waals surface area contributed by atoms with E-state index < -0.39 is 11.7 Å². The van der Waals surface area contributed by atoms with Crippen LogP contribution >= 0.6 is 0 Å². The van der Waals surface area contributed by atoms with Crippen LogP contribution in [0.3, 0.4) is 0 Å². The number of halogens is 3. The van der Waals surface area contributed by atoms with Gasteiger partial charge in [-0.2, -0.15) is 13.2 Å². The highest BCUT2D eigenvalue weighted by Crippen LogP contribution is 2.32. The number of aromatic amines is 1. The number of nitrogens with one attached hydrogen (secondary N) is 2. The second-order valence-corrected chi connectivity index (χ2v) is 6.20. The minimum atomic E-state index is -4.46. The molecule has 2 heterocycles. The molecule has 0 atom stereocenters. The molecule has 0 radical (unpaired) electrons. The predicted octanol–water partition coefficient (Wildman–Crippen LogP) is 5.35. The molecule has 2 aromatic carbocycles. The summed E-state index contributed by atoms with van der Waals surface area (Å²) >= 11 is 0. The largest absolute Gasteiger partial charge is 0.416 e. The zero-order valence-electron chi connectivity index (χ0n) is 14.4. The van der Waals surface area contributed by atoms with Crippen molar-refractivity contribution in [2.24, 2.45) is 0 Å². The van der Waals surface area contributed by atoms with Crippen molar-refractivity contribution in [1.29, 1.82) is 0 Å². The van der Waals surface area contributed by atoms with Crippen LogP contribution in [0.1, 0.15) is 5.56 Å². The third-order valence-corrected chi connectivity index (χ3v) is 4.28. The molecule has 4 aromatic rings. The molecular formula is C21H14F3N3O. The Morgan fingerprint density at radius 3 is 2.46 bits per heavy atom. The Labute approximate surface area is 157 Å². The van der Waals surface area contributed by atoms with E-state index >= 15 is 0 Å². The zero-order chi connectivity index (χ0) is 19.7. The number of benzene rings is 2. The summed E-state index contributed by atoms with van der Waals surface area (Å²) in [5, 5.41) is 3.79. The molecule has 0 aliphatic carbocycles. The molecule has 28 heavy (non-hydrogen) atoms. The smallest absolute Gasteiger partial charge is 0.340 e. The van der Waals surface area contributed by atoms with Crippen LogP contribution in [-0.2, 0) is 6.18 Å². The third-order valence-electron chi connectivity index (χ3n) is 4.28. The summed E-state index contributed by atoms with van der Waals surface area (Å²) in [5.74, 6) is 0.192. The minimum Gasteiger partial charge on any atom is -0.340 e. The number of H-pyrrole nitrogens is 1. The van der Waals surface area contributed by atoms with Gasteiger partial charge in [0.2, 0.25) is 0 Å². The van der Waals surface area contributed by atoms with E-state index in [1.54, 1.807) is 12.1 Å². The topological polar surface area (TPSA) is 57.8 Å². The zero-order valence-corrected chi connectivity index (χ0v) is 14.4. The Kier molecular flexibility index (Phi) is 4.35. The molecular weight excluding hydrogens is 367 g/mol. The molecule has 2 N–H and O–H groups in total. The van der Waals surface area contributed by atoms with Crippen LogP contribution in [0.25, 0.3) is 22.0 Å². The number of aromatic nitrogens is 2. The fraction of sp³-hybridized carbons (Fsp3) is 0.0476. The number of rotatable bonds is 3. The minimum absolute atomic E-state index is 0.192. The molecule has 0 bridgehead atoms. The van der Waals surface area contributed by atoms with Crippen LogP contribution < -0.4 is 10.9 Å². The van der Waals surface area contributed by atoms with Crippen molar-refractivity contribution in [3.8, 4) is 11.3 Å². The number of fused-ring (bicyclic) bond motifs is 1. The first-order valence-corrected chi connectivity index (χ1v) is 8.44. The molecule has 0 spiro atoms. The van der Waals surface area contributed by atoms with Crippen molar-refractivity contribution in [2.45, 2.75) is 6.18 Å². The van der Waals surface area contributed by atoms with Gasteiger partial charge in [-0.3, -0.25) is 4.79 Å². The van der Waals surface area contributed by atoms with E-state index in [0.29, 0.717) is 11.1 Å². The molecule has 0 amide bonds. The second-order valence-electron chi connectivity index (χ2n) is 6.20. The standard InChI is InChI=1S/C21H14F3N3O/c22-21(23,24)15-7-4-8-16(12-15)26-19-18-14(9-10-25-20(18)28)11-17(27-19)13-5-2-1-3-6-13/h1-12H,(H,25,28)(H,26,27). The lowest BCUT2D eigenvalue weighted by atomic mass is 10.1. The number of hydrogen-bond donors (Lipinski definition) is 2. The Morgan fingerprint density at radius 1 is 0.929 bits per heavy atom. The van der Waals surface area contributed by atoms with E-state index in [0.717, 1.165) is 17.7 Å². The highest BCUT2D eigenvalue weighted by Gasteiger charge is 2.30. The van der Waals surface area contributed by atoms with Crippen LogP contribution in [0, 0.1) is 0 Å². The monoisotopic (exact) mass is 381 g/mol. The van der Waals surface area contributed by atoms with E-state index in [1.807, 2.05) is 30.3 Å². The van der Waals surface area contributed by atoms with Crippen LogP contribution in [0.4, 0.5) is 24.7 Å². The Balaban J connectivity index is 1.87. The molecule has 0 saturated heterocycles. The Bertz CT molecular complexity index is 1200. The first-order valence-electron chi connectivity index (χ1n) is 8.44. The summed E-state index contributed by atoms with van der Waals surface area (Å²) in [6.07, 6.45) is -2.94. The maximum absolute atomic E-state index is 13.0. The summed E-state index contributed by atoms with van der Waals surface area (Å²) in [5.41, 5.74) is 0.469. The number of nitrogens with zero attached hydrogens (tertiary/aromatic N) is 1. The van der Waals surface area contributed by atoms with Crippen molar-refractivity contribution >= 4 is 22.3 Å². The first kappa shape index (κ1) is 17.8. The van der Waals surface area contributed by atoms with Crippen molar-refractivity contribution in [3.63, 3.8) is 0 Å². The van der Waals surface area contributed by atoms with E-state index in [2.05, 4.69) is 15.3 Å². The maximum Gasteiger partial charge on any atom is 0.416 e. The van der Waals surface area contributed by atoms with E-state index in [9.17, 15) is 18.0 Å². The molecule has 0 aliphatic rings. The van der Waals surface area contributed by atoms with Gasteiger partial charge in [0, 0.05) is 17.4 Å². The van der Waals surface area contributed by atoms with Gasteiger partial charge in [0.25, 0.3) is 5.56 Å². The van der Waals surface area contributed by atoms with E-state index in [-0.39, 0.29) is 22.5 Å². The van der Waals surface area contributed by atoms with Gasteiger partial charge < -0.3 is 10.3 Å². The molecule has 0 fully saturated rings. The summed E-state index contributed by atoms with van der Waals surface area (Å²) in [7, 11) is 0. The van der Waals surface area contributed by atoms with E-state index in [4.69, 9.17) is 0 Å². The molecule has 0 unspecified atom stereocenters. The predicted molar refractivity (Wildman–Crippen MR) is 103 cm³/mol. The summed E-state index contributed by atoms with van der Waals surface area (Å²) in [4.78, 5) is 19.4. The van der Waals surface area contributed by atoms with Gasteiger partial charge in [0.05, 0.1) is 16.6 Å². The molecule has 140 valence electrons. The van der Waals surface area contributed by atoms with Gasteiger partial charge >= 0.3 is 6.18 Å². The second kappa shape index (κ2) is 6.84. The van der Waals surface area contributed by atoms with Crippen LogP contribution in [0.2, 0.25) is 0 Å². The summed E-state index contributed by atoms with van der Waals surface area (Å²) in [6.45, 7) is 0. The molecule has 4 nitrogen and oxygen atoms in total. The molecule has 7 heteroatoms. The number of anilines is 2.